The van der Waals surface area contributed by atoms with Crippen molar-refractivity contribution < 1.29 is 9.47 Å². The van der Waals surface area contributed by atoms with Gasteiger partial charge in [0.05, 0.1) is 37.9 Å². The molecule has 0 aromatic carbocycles. The number of thioether (sulfide) groups is 2. The average molecular weight is 258 g/mol. The Labute approximate surface area is 107 Å². The van der Waals surface area contributed by atoms with E-state index in [-0.39, 0.29) is 0 Å². The first-order valence-electron chi connectivity index (χ1n) is 5.09. The molecule has 2 nitrogen and oxygen atoms in total. The highest BCUT2D eigenvalue weighted by Gasteiger charge is 1.91. The Morgan fingerprint density at radius 1 is 0.750 bits per heavy atom. The summed E-state index contributed by atoms with van der Waals surface area (Å²) in [5.41, 5.74) is 0. The zero-order chi connectivity index (χ0) is 11.9. The third-order valence-corrected chi connectivity index (χ3v) is 3.14. The van der Waals surface area contributed by atoms with Crippen molar-refractivity contribution in [1.82, 2.24) is 0 Å². The highest BCUT2D eigenvalue weighted by atomic mass is 32.2. The molecule has 0 aliphatic rings. The quantitative estimate of drug-likeness (QED) is 0.415. The van der Waals surface area contributed by atoms with Gasteiger partial charge in [0.2, 0.25) is 0 Å². The van der Waals surface area contributed by atoms with Gasteiger partial charge in [-0.25, -0.2) is 0 Å². The van der Waals surface area contributed by atoms with Gasteiger partial charge in [-0.1, -0.05) is 11.8 Å². The summed E-state index contributed by atoms with van der Waals surface area (Å²) in [7, 11) is 0. The Hall–Kier alpha value is -0.260. The second-order valence-corrected chi connectivity index (χ2v) is 4.95. The van der Waals surface area contributed by atoms with Crippen LogP contribution in [0.1, 0.15) is 0 Å². The predicted octanol–water partition coefficient (Wildman–Crippen LogP) is 1.75. The Morgan fingerprint density at radius 3 is 1.56 bits per heavy atom. The van der Waals surface area contributed by atoms with Gasteiger partial charge in [-0.2, -0.15) is 0 Å². The van der Waals surface area contributed by atoms with Crippen molar-refractivity contribution in [3.63, 3.8) is 0 Å². The van der Waals surface area contributed by atoms with Crippen molar-refractivity contribution in [3.05, 3.63) is 0 Å². The molecule has 0 radical (unpaired) electrons. The normalized spacial score (nSPS) is 9.62. The molecule has 4 heteroatoms. The van der Waals surface area contributed by atoms with E-state index in [2.05, 4.69) is 11.8 Å². The maximum absolute atomic E-state index is 5.35. The third-order valence-electron chi connectivity index (χ3n) is 1.49. The van der Waals surface area contributed by atoms with Crippen LogP contribution in [0.5, 0.6) is 0 Å². The van der Waals surface area contributed by atoms with Crippen LogP contribution in [0.3, 0.4) is 0 Å². The van der Waals surface area contributed by atoms with Gasteiger partial charge < -0.3 is 9.47 Å². The maximum Gasteiger partial charge on any atom is 0.0700 e. The fraction of sp³-hybridized carbons (Fsp3) is 0.667. The molecule has 16 heavy (non-hydrogen) atoms. The lowest BCUT2D eigenvalue weighted by atomic mass is 10.7. The van der Waals surface area contributed by atoms with Crippen LogP contribution < -0.4 is 0 Å². The summed E-state index contributed by atoms with van der Waals surface area (Å²) in [6.45, 7) is 2.77. The summed E-state index contributed by atoms with van der Waals surface area (Å²) >= 11 is 3.41. The molecule has 0 fully saturated rings. The molecule has 0 aromatic heterocycles. The lowest BCUT2D eigenvalue weighted by molar-refractivity contribution is 0.0605. The molecule has 0 N–H and O–H groups in total. The lowest BCUT2D eigenvalue weighted by Gasteiger charge is -2.04. The van der Waals surface area contributed by atoms with Gasteiger partial charge in [0.25, 0.3) is 0 Å². The third kappa shape index (κ3) is 13.7. The van der Waals surface area contributed by atoms with Crippen molar-refractivity contribution in [3.8, 4) is 24.7 Å². The molecule has 0 unspecified atom stereocenters. The molecule has 0 spiro atoms. The largest absolute Gasteiger partial charge is 0.378 e. The van der Waals surface area contributed by atoms with Crippen molar-refractivity contribution in [1.29, 1.82) is 0 Å². The molecular formula is C12H18O2S2. The molecule has 0 atom stereocenters. The first kappa shape index (κ1) is 15.7. The predicted molar refractivity (Wildman–Crippen MR) is 74.0 cm³/mol. The van der Waals surface area contributed by atoms with Gasteiger partial charge >= 0.3 is 0 Å². The van der Waals surface area contributed by atoms with E-state index >= 15 is 0 Å². The molecule has 0 saturated heterocycles. The van der Waals surface area contributed by atoms with Gasteiger partial charge in [-0.05, 0) is 0 Å². The van der Waals surface area contributed by atoms with Crippen LogP contribution in [-0.2, 0) is 9.47 Å². The first-order valence-corrected chi connectivity index (χ1v) is 7.40. The number of terminal acetylenes is 2. The maximum atomic E-state index is 5.35. The molecule has 0 saturated carbocycles. The van der Waals surface area contributed by atoms with Crippen LogP contribution in [0.15, 0.2) is 0 Å². The number of hydrogen-bond donors (Lipinski definition) is 0. The molecule has 0 heterocycles. The van der Waals surface area contributed by atoms with Gasteiger partial charge in [-0.15, -0.1) is 36.4 Å². The summed E-state index contributed by atoms with van der Waals surface area (Å²) in [6, 6.07) is 0. The van der Waals surface area contributed by atoms with Gasteiger partial charge in [0, 0.05) is 11.5 Å². The van der Waals surface area contributed by atoms with Crippen LogP contribution >= 0.6 is 23.5 Å². The highest BCUT2D eigenvalue weighted by molar-refractivity contribution is 7.99. The molecule has 0 rings (SSSR count). The van der Waals surface area contributed by atoms with Crippen molar-refractivity contribution in [2.75, 3.05) is 49.4 Å². The summed E-state index contributed by atoms with van der Waals surface area (Å²) in [4.78, 5) is 0. The van der Waals surface area contributed by atoms with E-state index in [1.165, 1.54) is 0 Å². The second kappa shape index (κ2) is 14.7. The summed E-state index contributed by atoms with van der Waals surface area (Å²) in [5, 5.41) is 0. The second-order valence-electron chi connectivity index (χ2n) is 2.74. The molecule has 0 amide bonds. The minimum Gasteiger partial charge on any atom is -0.378 e. The van der Waals surface area contributed by atoms with Crippen LogP contribution in [0.25, 0.3) is 0 Å². The zero-order valence-electron chi connectivity index (χ0n) is 9.44. The van der Waals surface area contributed by atoms with Crippen LogP contribution in [0.2, 0.25) is 0 Å². The standard InChI is InChI=1S/C12H18O2S2/c1-3-9-15-11-7-13-5-6-14-8-12-16-10-4-2/h1-2H,5-12H2. The Morgan fingerprint density at radius 2 is 1.19 bits per heavy atom. The highest BCUT2D eigenvalue weighted by Crippen LogP contribution is 1.98. The van der Waals surface area contributed by atoms with Crippen molar-refractivity contribution in [2.45, 2.75) is 0 Å². The first-order chi connectivity index (χ1) is 7.91. The number of hydrogen-bond acceptors (Lipinski definition) is 4. The van der Waals surface area contributed by atoms with Crippen LogP contribution in [0, 0.1) is 24.7 Å². The van der Waals surface area contributed by atoms with E-state index in [0.29, 0.717) is 13.2 Å². The minimum atomic E-state index is 0.649. The summed E-state index contributed by atoms with van der Waals surface area (Å²) < 4.78 is 10.7. The Balaban J connectivity index is 2.89. The average Bonchev–Trinajstić information content (AvgIpc) is 2.31. The lowest BCUT2D eigenvalue weighted by Crippen LogP contribution is -2.08. The SMILES string of the molecule is C#CCSCCOCCOCCSCC#C. The zero-order valence-corrected chi connectivity index (χ0v) is 11.1. The Kier molecular flexibility index (Phi) is 14.5. The van der Waals surface area contributed by atoms with Crippen LogP contribution in [-0.4, -0.2) is 49.4 Å². The van der Waals surface area contributed by atoms with Gasteiger partial charge in [0.1, 0.15) is 0 Å². The molecule has 90 valence electrons. The fourth-order valence-electron chi connectivity index (χ4n) is 0.820. The smallest absolute Gasteiger partial charge is 0.0700 e. The summed E-state index contributed by atoms with van der Waals surface area (Å²) in [6.07, 6.45) is 10.2. The molecule has 0 aliphatic heterocycles. The van der Waals surface area contributed by atoms with Crippen molar-refractivity contribution in [2.24, 2.45) is 0 Å². The van der Waals surface area contributed by atoms with Crippen LogP contribution in [0.4, 0.5) is 0 Å². The van der Waals surface area contributed by atoms with Crippen molar-refractivity contribution >= 4 is 23.5 Å². The monoisotopic (exact) mass is 258 g/mol. The van der Waals surface area contributed by atoms with Gasteiger partial charge in [0.15, 0.2) is 0 Å². The summed E-state index contributed by atoms with van der Waals surface area (Å²) in [5.74, 6) is 8.54. The van der Waals surface area contributed by atoms with E-state index in [1.54, 1.807) is 23.5 Å². The topological polar surface area (TPSA) is 18.5 Å². The van der Waals surface area contributed by atoms with Gasteiger partial charge in [-0.3, -0.25) is 0 Å². The van der Waals surface area contributed by atoms with E-state index in [0.717, 1.165) is 36.2 Å². The number of rotatable bonds is 11. The number of ether oxygens (including phenoxy) is 2. The molecule has 0 bridgehead atoms. The van der Waals surface area contributed by atoms with E-state index in [1.807, 2.05) is 0 Å². The van der Waals surface area contributed by atoms with E-state index in [9.17, 15) is 0 Å². The minimum absolute atomic E-state index is 0.649. The molecule has 0 aliphatic carbocycles. The fourth-order valence-corrected chi connectivity index (χ4v) is 1.82. The molecular weight excluding hydrogens is 240 g/mol. The Bertz CT molecular complexity index is 194. The molecule has 0 aromatic rings. The van der Waals surface area contributed by atoms with E-state index in [4.69, 9.17) is 22.3 Å². The van der Waals surface area contributed by atoms with E-state index < -0.39 is 0 Å².